The zero-order valence-electron chi connectivity index (χ0n) is 11.0. The summed E-state index contributed by atoms with van der Waals surface area (Å²) in [5.74, 6) is -0.172. The minimum Gasteiger partial charge on any atom is -0.466 e. The molecule has 0 aliphatic carbocycles. The maximum atomic E-state index is 11.6. The molecule has 0 atom stereocenters. The number of ether oxygens (including phenoxy) is 1. The molecule has 18 heavy (non-hydrogen) atoms. The van der Waals surface area contributed by atoms with Gasteiger partial charge in [-0.3, -0.25) is 14.5 Å². The Morgan fingerprint density at radius 2 is 2.06 bits per heavy atom. The van der Waals surface area contributed by atoms with Crippen molar-refractivity contribution in [1.29, 1.82) is 0 Å². The number of nitrogens with zero attached hydrogens (tertiary/aromatic N) is 1. The highest BCUT2D eigenvalue weighted by molar-refractivity contribution is 5.78. The van der Waals surface area contributed by atoms with Gasteiger partial charge in [0.2, 0.25) is 5.91 Å². The van der Waals surface area contributed by atoms with Gasteiger partial charge >= 0.3 is 5.97 Å². The topological polar surface area (TPSA) is 70.7 Å². The predicted octanol–water partition coefficient (Wildman–Crippen LogP) is -0.649. The van der Waals surface area contributed by atoms with Crippen LogP contribution < -0.4 is 10.6 Å². The van der Waals surface area contributed by atoms with E-state index in [9.17, 15) is 9.59 Å². The van der Waals surface area contributed by atoms with Crippen molar-refractivity contribution in [1.82, 2.24) is 15.5 Å². The molecule has 1 fully saturated rings. The first-order valence-electron chi connectivity index (χ1n) is 6.57. The van der Waals surface area contributed by atoms with Gasteiger partial charge in [-0.15, -0.1) is 0 Å². The van der Waals surface area contributed by atoms with Gasteiger partial charge in [0, 0.05) is 39.1 Å². The quantitative estimate of drug-likeness (QED) is 0.468. The molecule has 0 radical (unpaired) electrons. The molecule has 1 saturated heterocycles. The number of amides is 1. The molecular formula is C12H23N3O3. The third-order valence-corrected chi connectivity index (χ3v) is 2.76. The second kappa shape index (κ2) is 8.88. The number of esters is 1. The highest BCUT2D eigenvalue weighted by atomic mass is 16.5. The molecule has 1 amide bonds. The summed E-state index contributed by atoms with van der Waals surface area (Å²) in [6, 6.07) is 0. The van der Waals surface area contributed by atoms with E-state index in [0.29, 0.717) is 32.5 Å². The Hall–Kier alpha value is -1.14. The lowest BCUT2D eigenvalue weighted by Gasteiger charge is -2.26. The van der Waals surface area contributed by atoms with E-state index in [-0.39, 0.29) is 11.9 Å². The lowest BCUT2D eigenvalue weighted by atomic mass is 10.3. The summed E-state index contributed by atoms with van der Waals surface area (Å²) in [6.07, 6.45) is 0.994. The lowest BCUT2D eigenvalue weighted by Crippen LogP contribution is -2.47. The molecule has 1 aliphatic rings. The van der Waals surface area contributed by atoms with E-state index in [4.69, 9.17) is 4.74 Å². The number of piperazine rings is 1. The minimum absolute atomic E-state index is 0.0285. The maximum Gasteiger partial charge on any atom is 0.305 e. The molecule has 6 heteroatoms. The van der Waals surface area contributed by atoms with Gasteiger partial charge in [-0.25, -0.2) is 0 Å². The number of hydrogen-bond acceptors (Lipinski definition) is 5. The summed E-state index contributed by atoms with van der Waals surface area (Å²) in [6.45, 7) is 6.88. The number of carbonyl (C=O) groups is 2. The first-order valence-corrected chi connectivity index (χ1v) is 6.57. The van der Waals surface area contributed by atoms with Crippen LogP contribution in [0, 0.1) is 0 Å². The Bertz CT molecular complexity index is 265. The molecule has 0 aromatic heterocycles. The molecule has 0 bridgehead atoms. The summed E-state index contributed by atoms with van der Waals surface area (Å²) in [5.41, 5.74) is 0. The van der Waals surface area contributed by atoms with E-state index in [1.807, 2.05) is 0 Å². The van der Waals surface area contributed by atoms with Crippen LogP contribution in [0.15, 0.2) is 0 Å². The minimum atomic E-state index is -0.200. The zero-order chi connectivity index (χ0) is 13.2. The van der Waals surface area contributed by atoms with Gasteiger partial charge < -0.3 is 15.4 Å². The third-order valence-electron chi connectivity index (χ3n) is 2.76. The first kappa shape index (κ1) is 14.9. The van der Waals surface area contributed by atoms with Crippen LogP contribution in [0.3, 0.4) is 0 Å². The fourth-order valence-electron chi connectivity index (χ4n) is 1.82. The van der Waals surface area contributed by atoms with Crippen LogP contribution >= 0.6 is 0 Å². The van der Waals surface area contributed by atoms with Crippen molar-refractivity contribution >= 4 is 11.9 Å². The van der Waals surface area contributed by atoms with Gasteiger partial charge in [0.25, 0.3) is 0 Å². The average molecular weight is 257 g/mol. The van der Waals surface area contributed by atoms with Gasteiger partial charge in [0.15, 0.2) is 0 Å². The second-order valence-electron chi connectivity index (χ2n) is 4.28. The summed E-state index contributed by atoms with van der Waals surface area (Å²) in [4.78, 5) is 24.8. The van der Waals surface area contributed by atoms with Crippen molar-refractivity contribution in [3.8, 4) is 0 Å². The van der Waals surface area contributed by atoms with Crippen LogP contribution in [0.1, 0.15) is 19.8 Å². The summed E-state index contributed by atoms with van der Waals surface area (Å²) in [5, 5.41) is 6.06. The Balaban J connectivity index is 2.01. The SMILES string of the molecule is CCOC(=O)CCCNC(=O)CN1CCNCC1. The number of nitrogens with one attached hydrogen (secondary N) is 2. The fourth-order valence-corrected chi connectivity index (χ4v) is 1.82. The van der Waals surface area contributed by atoms with Gasteiger partial charge in [-0.1, -0.05) is 0 Å². The van der Waals surface area contributed by atoms with Crippen molar-refractivity contribution in [2.75, 3.05) is 45.9 Å². The van der Waals surface area contributed by atoms with Gasteiger partial charge in [0.1, 0.15) is 0 Å². The van der Waals surface area contributed by atoms with Gasteiger partial charge in [-0.2, -0.15) is 0 Å². The van der Waals surface area contributed by atoms with E-state index < -0.39 is 0 Å². The molecular weight excluding hydrogens is 234 g/mol. The Morgan fingerprint density at radius 1 is 1.33 bits per heavy atom. The summed E-state index contributed by atoms with van der Waals surface area (Å²) >= 11 is 0. The molecule has 1 heterocycles. The van der Waals surface area contributed by atoms with E-state index in [1.165, 1.54) is 0 Å². The lowest BCUT2D eigenvalue weighted by molar-refractivity contribution is -0.143. The van der Waals surface area contributed by atoms with Crippen LogP contribution in [-0.4, -0.2) is 62.7 Å². The first-order chi connectivity index (χ1) is 8.72. The molecule has 0 spiro atoms. The van der Waals surface area contributed by atoms with Crippen molar-refractivity contribution in [3.05, 3.63) is 0 Å². The highest BCUT2D eigenvalue weighted by Crippen LogP contribution is 1.93. The molecule has 0 aromatic carbocycles. The van der Waals surface area contributed by atoms with Crippen LogP contribution in [-0.2, 0) is 14.3 Å². The molecule has 2 N–H and O–H groups in total. The van der Waals surface area contributed by atoms with E-state index >= 15 is 0 Å². The maximum absolute atomic E-state index is 11.6. The molecule has 0 saturated carbocycles. The highest BCUT2D eigenvalue weighted by Gasteiger charge is 2.12. The van der Waals surface area contributed by atoms with Gasteiger partial charge in [0.05, 0.1) is 13.2 Å². The molecule has 1 aliphatic heterocycles. The van der Waals surface area contributed by atoms with E-state index in [0.717, 1.165) is 26.2 Å². The third kappa shape index (κ3) is 6.56. The van der Waals surface area contributed by atoms with Crippen LogP contribution in [0.5, 0.6) is 0 Å². The number of carbonyl (C=O) groups excluding carboxylic acids is 2. The normalized spacial score (nSPS) is 16.3. The average Bonchev–Trinajstić information content (AvgIpc) is 2.36. The second-order valence-corrected chi connectivity index (χ2v) is 4.28. The number of hydrogen-bond donors (Lipinski definition) is 2. The molecule has 104 valence electrons. The van der Waals surface area contributed by atoms with E-state index in [1.54, 1.807) is 6.92 Å². The predicted molar refractivity (Wildman–Crippen MR) is 68.2 cm³/mol. The van der Waals surface area contributed by atoms with Crippen LogP contribution in [0.25, 0.3) is 0 Å². The van der Waals surface area contributed by atoms with Crippen molar-refractivity contribution in [3.63, 3.8) is 0 Å². The van der Waals surface area contributed by atoms with Crippen molar-refractivity contribution in [2.45, 2.75) is 19.8 Å². The summed E-state index contributed by atoms with van der Waals surface area (Å²) in [7, 11) is 0. The van der Waals surface area contributed by atoms with Crippen molar-refractivity contribution in [2.24, 2.45) is 0 Å². The largest absolute Gasteiger partial charge is 0.466 e. The Kier molecular flexibility index (Phi) is 7.36. The molecule has 1 rings (SSSR count). The standard InChI is InChI=1S/C12H23N3O3/c1-2-18-12(17)4-3-5-14-11(16)10-15-8-6-13-7-9-15/h13H,2-10H2,1H3,(H,14,16). The smallest absolute Gasteiger partial charge is 0.305 e. The Morgan fingerprint density at radius 3 is 2.72 bits per heavy atom. The Labute approximate surface area is 108 Å². The molecule has 6 nitrogen and oxygen atoms in total. The fraction of sp³-hybridized carbons (Fsp3) is 0.833. The monoisotopic (exact) mass is 257 g/mol. The van der Waals surface area contributed by atoms with Crippen LogP contribution in [0.2, 0.25) is 0 Å². The zero-order valence-corrected chi connectivity index (χ0v) is 11.0. The van der Waals surface area contributed by atoms with Crippen LogP contribution in [0.4, 0.5) is 0 Å². The number of rotatable bonds is 7. The molecule has 0 unspecified atom stereocenters. The van der Waals surface area contributed by atoms with Gasteiger partial charge in [-0.05, 0) is 13.3 Å². The van der Waals surface area contributed by atoms with Crippen molar-refractivity contribution < 1.29 is 14.3 Å². The van der Waals surface area contributed by atoms with E-state index in [2.05, 4.69) is 15.5 Å². The summed E-state index contributed by atoms with van der Waals surface area (Å²) < 4.78 is 4.80. The molecule has 0 aromatic rings.